The Balaban J connectivity index is 1.53. The van der Waals surface area contributed by atoms with Crippen LogP contribution in [0.15, 0.2) is 55.4 Å². The van der Waals surface area contributed by atoms with Gasteiger partial charge < -0.3 is 14.7 Å². The number of pyridine rings is 1. The minimum atomic E-state index is 0.809. The van der Waals surface area contributed by atoms with Gasteiger partial charge in [-0.1, -0.05) is 44.4 Å². The van der Waals surface area contributed by atoms with Gasteiger partial charge in [-0.15, -0.1) is 0 Å². The van der Waals surface area contributed by atoms with Gasteiger partial charge in [0.05, 0.1) is 6.67 Å². The van der Waals surface area contributed by atoms with Crippen LogP contribution in [-0.4, -0.2) is 36.2 Å². The maximum absolute atomic E-state index is 4.68. The highest BCUT2D eigenvalue weighted by Gasteiger charge is 2.25. The molecule has 0 radical (unpaired) electrons. The van der Waals surface area contributed by atoms with Crippen LogP contribution >= 0.6 is 0 Å². The quantitative estimate of drug-likeness (QED) is 0.579. The largest absolute Gasteiger partial charge is 0.352 e. The van der Waals surface area contributed by atoms with Crippen molar-refractivity contribution in [2.24, 2.45) is 0 Å². The van der Waals surface area contributed by atoms with Gasteiger partial charge in [-0.2, -0.15) is 0 Å². The highest BCUT2D eigenvalue weighted by atomic mass is 15.4. The Bertz CT molecular complexity index is 1020. The van der Waals surface area contributed by atoms with Gasteiger partial charge in [0.25, 0.3) is 0 Å². The zero-order valence-corrected chi connectivity index (χ0v) is 19.2. The normalized spacial score (nSPS) is 17.6. The van der Waals surface area contributed by atoms with Crippen molar-refractivity contribution in [3.8, 4) is 0 Å². The minimum Gasteiger partial charge on any atom is -0.352 e. The van der Waals surface area contributed by atoms with Crippen LogP contribution in [0.1, 0.15) is 48.4 Å². The van der Waals surface area contributed by atoms with Gasteiger partial charge in [0.1, 0.15) is 5.82 Å². The lowest BCUT2D eigenvalue weighted by atomic mass is 10.0. The predicted molar refractivity (Wildman–Crippen MR) is 133 cm³/mol. The maximum atomic E-state index is 4.68. The molecular formula is C27H34N4. The lowest BCUT2D eigenvalue weighted by Gasteiger charge is -2.26. The fourth-order valence-corrected chi connectivity index (χ4v) is 4.78. The second-order valence-electron chi connectivity index (χ2n) is 8.60. The van der Waals surface area contributed by atoms with Crippen molar-refractivity contribution in [2.75, 3.05) is 36.1 Å². The topological polar surface area (TPSA) is 22.6 Å². The van der Waals surface area contributed by atoms with Crippen LogP contribution < -0.4 is 9.80 Å². The Morgan fingerprint density at radius 2 is 2.00 bits per heavy atom. The summed E-state index contributed by atoms with van der Waals surface area (Å²) in [5.74, 6) is 1.07. The van der Waals surface area contributed by atoms with Crippen molar-refractivity contribution >= 4 is 23.3 Å². The van der Waals surface area contributed by atoms with Gasteiger partial charge in [-0.3, -0.25) is 0 Å². The van der Waals surface area contributed by atoms with E-state index in [9.17, 15) is 0 Å². The van der Waals surface area contributed by atoms with E-state index in [1.807, 2.05) is 12.3 Å². The van der Waals surface area contributed by atoms with Crippen molar-refractivity contribution in [1.82, 2.24) is 9.88 Å². The molecule has 3 heterocycles. The van der Waals surface area contributed by atoms with Crippen LogP contribution in [0.25, 0.3) is 11.8 Å². The Morgan fingerprint density at radius 1 is 1.16 bits per heavy atom. The van der Waals surface area contributed by atoms with E-state index in [2.05, 4.69) is 84.0 Å². The summed E-state index contributed by atoms with van der Waals surface area (Å²) in [5.41, 5.74) is 8.49. The summed E-state index contributed by atoms with van der Waals surface area (Å²) in [5, 5.41) is 0. The van der Waals surface area contributed by atoms with Gasteiger partial charge in [-0.05, 0) is 61.9 Å². The molecule has 2 saturated heterocycles. The van der Waals surface area contributed by atoms with E-state index < -0.39 is 0 Å². The van der Waals surface area contributed by atoms with Gasteiger partial charge >= 0.3 is 0 Å². The van der Waals surface area contributed by atoms with Gasteiger partial charge in [0, 0.05) is 48.5 Å². The molecule has 0 atom stereocenters. The minimum absolute atomic E-state index is 0.809. The SMILES string of the molecule is C=Cc1cc(N2CCC/C2=C/CC)ccc1C(=C)N1CCN(c2ncc(C)cc2C)C1. The molecule has 2 aliphatic heterocycles. The Morgan fingerprint density at radius 3 is 2.74 bits per heavy atom. The van der Waals surface area contributed by atoms with E-state index in [1.54, 1.807) is 0 Å². The summed E-state index contributed by atoms with van der Waals surface area (Å²) in [6.45, 7) is 18.8. The zero-order valence-electron chi connectivity index (χ0n) is 19.2. The molecule has 31 heavy (non-hydrogen) atoms. The van der Waals surface area contributed by atoms with Crippen LogP contribution in [0.5, 0.6) is 0 Å². The third-order valence-corrected chi connectivity index (χ3v) is 6.33. The van der Waals surface area contributed by atoms with Crippen LogP contribution in [0.4, 0.5) is 11.5 Å². The van der Waals surface area contributed by atoms with Gasteiger partial charge in [0.15, 0.2) is 0 Å². The first-order valence-corrected chi connectivity index (χ1v) is 11.4. The average Bonchev–Trinajstić information content (AvgIpc) is 3.43. The summed E-state index contributed by atoms with van der Waals surface area (Å²) in [6, 6.07) is 8.92. The molecule has 2 aromatic rings. The van der Waals surface area contributed by atoms with Crippen molar-refractivity contribution < 1.29 is 0 Å². The van der Waals surface area contributed by atoms with Crippen molar-refractivity contribution in [1.29, 1.82) is 0 Å². The summed E-state index contributed by atoms with van der Waals surface area (Å²) in [4.78, 5) is 11.8. The lowest BCUT2D eigenvalue weighted by molar-refractivity contribution is 0.496. The highest BCUT2D eigenvalue weighted by Crippen LogP contribution is 2.33. The Kier molecular flexibility index (Phi) is 6.17. The van der Waals surface area contributed by atoms with E-state index in [4.69, 9.17) is 0 Å². The highest BCUT2D eigenvalue weighted by molar-refractivity contribution is 5.75. The number of rotatable bonds is 6. The number of allylic oxidation sites excluding steroid dienone is 2. The van der Waals surface area contributed by atoms with Crippen molar-refractivity contribution in [3.05, 3.63) is 77.6 Å². The van der Waals surface area contributed by atoms with Crippen LogP contribution in [0.2, 0.25) is 0 Å². The summed E-state index contributed by atoms with van der Waals surface area (Å²) in [6.07, 6.45) is 9.74. The first kappa shape index (κ1) is 21.2. The van der Waals surface area contributed by atoms with E-state index in [1.165, 1.54) is 35.4 Å². The van der Waals surface area contributed by atoms with Gasteiger partial charge in [-0.25, -0.2) is 4.98 Å². The molecule has 0 aliphatic carbocycles. The van der Waals surface area contributed by atoms with Crippen molar-refractivity contribution in [3.63, 3.8) is 0 Å². The van der Waals surface area contributed by atoms with Crippen LogP contribution in [0.3, 0.4) is 0 Å². The Hall–Kier alpha value is -3.01. The lowest BCUT2D eigenvalue weighted by Crippen LogP contribution is -2.25. The number of aromatic nitrogens is 1. The predicted octanol–water partition coefficient (Wildman–Crippen LogP) is 5.99. The second kappa shape index (κ2) is 9.01. The summed E-state index contributed by atoms with van der Waals surface area (Å²) >= 11 is 0. The molecular weight excluding hydrogens is 380 g/mol. The fraction of sp³-hybridized carbons (Fsp3) is 0.370. The number of benzene rings is 1. The average molecular weight is 415 g/mol. The number of hydrogen-bond acceptors (Lipinski definition) is 4. The van der Waals surface area contributed by atoms with Crippen LogP contribution in [-0.2, 0) is 0 Å². The van der Waals surface area contributed by atoms with E-state index in [0.29, 0.717) is 0 Å². The number of hydrogen-bond donors (Lipinski definition) is 0. The van der Waals surface area contributed by atoms with E-state index in [0.717, 1.165) is 55.4 Å². The zero-order chi connectivity index (χ0) is 22.0. The number of nitrogens with zero attached hydrogens (tertiary/aromatic N) is 4. The smallest absolute Gasteiger partial charge is 0.132 e. The first-order valence-electron chi connectivity index (χ1n) is 11.4. The molecule has 0 spiro atoms. The monoisotopic (exact) mass is 414 g/mol. The second-order valence-corrected chi connectivity index (χ2v) is 8.60. The van der Waals surface area contributed by atoms with Crippen molar-refractivity contribution in [2.45, 2.75) is 40.0 Å². The molecule has 162 valence electrons. The third kappa shape index (κ3) is 4.25. The molecule has 1 aromatic carbocycles. The van der Waals surface area contributed by atoms with Gasteiger partial charge in [0.2, 0.25) is 0 Å². The molecule has 4 nitrogen and oxygen atoms in total. The molecule has 2 aliphatic rings. The number of aryl methyl sites for hydroxylation is 2. The van der Waals surface area contributed by atoms with E-state index in [-0.39, 0.29) is 0 Å². The summed E-state index contributed by atoms with van der Waals surface area (Å²) in [7, 11) is 0. The van der Waals surface area contributed by atoms with E-state index >= 15 is 0 Å². The maximum Gasteiger partial charge on any atom is 0.132 e. The molecule has 1 aromatic heterocycles. The molecule has 2 fully saturated rings. The first-order chi connectivity index (χ1) is 15.0. The molecule has 0 unspecified atom stereocenters. The molecule has 0 N–H and O–H groups in total. The third-order valence-electron chi connectivity index (χ3n) is 6.33. The summed E-state index contributed by atoms with van der Waals surface area (Å²) < 4.78 is 0. The number of anilines is 2. The Labute approximate surface area is 187 Å². The standard InChI is InChI=1S/C27H34N4/c1-6-9-24-10-8-13-31(24)25-11-12-26(23(7-2)17-25)22(5)29-14-15-30(19-29)27-21(4)16-20(3)18-28-27/h7,9,11-12,16-18H,2,5-6,8,10,13-15,19H2,1,3-4H3/b24-9-. The molecule has 0 saturated carbocycles. The van der Waals surface area contributed by atoms with Crippen LogP contribution in [0, 0.1) is 13.8 Å². The molecule has 0 bridgehead atoms. The molecule has 4 rings (SSSR count). The molecule has 0 amide bonds. The molecule has 4 heteroatoms. The fourth-order valence-electron chi connectivity index (χ4n) is 4.78.